The van der Waals surface area contributed by atoms with Crippen LogP contribution in [0.2, 0.25) is 0 Å². The molecule has 426 valence electrons. The third kappa shape index (κ3) is 59.5. The van der Waals surface area contributed by atoms with Gasteiger partial charge in [0.1, 0.15) is 13.2 Å². The van der Waals surface area contributed by atoms with Crippen molar-refractivity contribution in [3.63, 3.8) is 0 Å². The van der Waals surface area contributed by atoms with Crippen LogP contribution in [0.25, 0.3) is 0 Å². The number of ether oxygens (including phenoxy) is 3. The number of carbonyl (C=O) groups is 3. The van der Waals surface area contributed by atoms with Gasteiger partial charge in [-0.1, -0.05) is 279 Å². The zero-order chi connectivity index (χ0) is 53.6. The molecule has 1 unspecified atom stereocenters. The number of allylic oxidation sites excluding steroid dienone is 14. The summed E-state index contributed by atoms with van der Waals surface area (Å²) >= 11 is 0. The van der Waals surface area contributed by atoms with E-state index in [4.69, 9.17) is 14.2 Å². The molecule has 0 bridgehead atoms. The van der Waals surface area contributed by atoms with E-state index in [1.54, 1.807) is 0 Å². The summed E-state index contributed by atoms with van der Waals surface area (Å²) in [5.41, 5.74) is 0. The van der Waals surface area contributed by atoms with Crippen LogP contribution < -0.4 is 0 Å². The van der Waals surface area contributed by atoms with E-state index in [1.165, 1.54) is 154 Å². The van der Waals surface area contributed by atoms with Crippen molar-refractivity contribution in [2.24, 2.45) is 0 Å². The molecule has 0 aromatic heterocycles. The normalized spacial score (nSPS) is 12.6. The SMILES string of the molecule is CC/C=C\C/C=C\C/C=C\C/C=C\CCCCCCCCCCC(=O)OCC(COC(=O)CCCCCCCCCCCCCCCC)OC(=O)CCCCCCCC/C=C\C/C=C\C/C=C\CCCCCCC. The highest BCUT2D eigenvalue weighted by atomic mass is 16.6. The maximum absolute atomic E-state index is 12.9. The molecule has 0 N–H and O–H groups in total. The van der Waals surface area contributed by atoms with E-state index in [-0.39, 0.29) is 31.1 Å². The Hall–Kier alpha value is -3.41. The molecule has 0 radical (unpaired) electrons. The summed E-state index contributed by atoms with van der Waals surface area (Å²) < 4.78 is 16.9. The standard InChI is InChI=1S/C68H118O6/c1-4-7-10-13-16-19-22-25-28-30-32-34-36-38-40-43-46-49-52-55-58-61-67(70)73-64-65(63-72-66(69)60-57-54-51-48-45-42-27-24-21-18-15-12-9-6-3)74-68(71)62-59-56-53-50-47-44-41-39-37-35-33-31-29-26-23-20-17-14-11-8-5-2/h7,10,16,19,23,25-26,28,31-34,37,39,65H,4-6,8-9,11-15,17-18,20-22,24,27,29-30,35-36,38,40-64H2,1-3H3/b10-7-,19-16-,26-23-,28-25-,33-31-,34-32-,39-37-. The van der Waals surface area contributed by atoms with E-state index in [2.05, 4.69) is 106 Å². The summed E-state index contributed by atoms with van der Waals surface area (Å²) in [5, 5.41) is 0. The van der Waals surface area contributed by atoms with E-state index < -0.39 is 6.10 Å². The van der Waals surface area contributed by atoms with Gasteiger partial charge in [-0.3, -0.25) is 14.4 Å². The summed E-state index contributed by atoms with van der Waals surface area (Å²) in [7, 11) is 0. The molecule has 74 heavy (non-hydrogen) atoms. The van der Waals surface area contributed by atoms with Crippen LogP contribution in [0.5, 0.6) is 0 Å². The minimum atomic E-state index is -0.787. The zero-order valence-corrected chi connectivity index (χ0v) is 48.8. The van der Waals surface area contributed by atoms with Gasteiger partial charge >= 0.3 is 17.9 Å². The average Bonchev–Trinajstić information content (AvgIpc) is 3.40. The van der Waals surface area contributed by atoms with Crippen molar-refractivity contribution >= 4 is 17.9 Å². The fraction of sp³-hybridized carbons (Fsp3) is 0.750. The Bertz CT molecular complexity index is 1420. The van der Waals surface area contributed by atoms with Crippen LogP contribution in [0.1, 0.15) is 310 Å². The molecule has 0 aliphatic heterocycles. The number of unbranched alkanes of at least 4 members (excludes halogenated alkanes) is 32. The molecular formula is C68H118O6. The maximum Gasteiger partial charge on any atom is 0.306 e. The third-order valence-electron chi connectivity index (χ3n) is 13.6. The molecule has 6 heteroatoms. The van der Waals surface area contributed by atoms with Crippen molar-refractivity contribution in [3.8, 4) is 0 Å². The molecule has 0 amide bonds. The quantitative estimate of drug-likeness (QED) is 0.0261. The highest BCUT2D eigenvalue weighted by Crippen LogP contribution is 2.16. The lowest BCUT2D eigenvalue weighted by molar-refractivity contribution is -0.167. The first-order chi connectivity index (χ1) is 36.5. The number of carbonyl (C=O) groups excluding carboxylic acids is 3. The second-order valence-corrected chi connectivity index (χ2v) is 20.9. The lowest BCUT2D eigenvalue weighted by Crippen LogP contribution is -2.30. The summed E-state index contributed by atoms with van der Waals surface area (Å²) in [5.74, 6) is -0.890. The van der Waals surface area contributed by atoms with Crippen LogP contribution in [-0.2, 0) is 28.6 Å². The number of rotatable bonds is 57. The topological polar surface area (TPSA) is 78.9 Å². The van der Waals surface area contributed by atoms with Gasteiger partial charge in [-0.25, -0.2) is 0 Å². The molecule has 0 saturated heterocycles. The monoisotopic (exact) mass is 1030 g/mol. The molecule has 0 aliphatic rings. The third-order valence-corrected chi connectivity index (χ3v) is 13.6. The molecule has 0 aromatic carbocycles. The van der Waals surface area contributed by atoms with Crippen LogP contribution in [-0.4, -0.2) is 37.2 Å². The Balaban J connectivity index is 4.39. The predicted octanol–water partition coefficient (Wildman–Crippen LogP) is 21.5. The van der Waals surface area contributed by atoms with Crippen molar-refractivity contribution in [1.82, 2.24) is 0 Å². The highest BCUT2D eigenvalue weighted by molar-refractivity contribution is 5.71. The molecular weight excluding hydrogens is 913 g/mol. The summed E-state index contributed by atoms with van der Waals surface area (Å²) in [6, 6.07) is 0. The van der Waals surface area contributed by atoms with Crippen LogP contribution >= 0.6 is 0 Å². The van der Waals surface area contributed by atoms with Gasteiger partial charge in [0.05, 0.1) is 0 Å². The minimum absolute atomic E-state index is 0.0821. The molecule has 0 aliphatic carbocycles. The molecule has 0 heterocycles. The molecule has 0 fully saturated rings. The van der Waals surface area contributed by atoms with Crippen LogP contribution in [0.15, 0.2) is 85.1 Å². The molecule has 1 atom stereocenters. The van der Waals surface area contributed by atoms with Gasteiger partial charge in [-0.05, 0) is 96.3 Å². The fourth-order valence-corrected chi connectivity index (χ4v) is 8.91. The van der Waals surface area contributed by atoms with E-state index >= 15 is 0 Å². The fourth-order valence-electron chi connectivity index (χ4n) is 8.91. The Labute approximate surface area is 458 Å². The smallest absolute Gasteiger partial charge is 0.306 e. The number of hydrogen-bond acceptors (Lipinski definition) is 6. The Morgan fingerprint density at radius 1 is 0.284 bits per heavy atom. The van der Waals surface area contributed by atoms with E-state index in [0.29, 0.717) is 19.3 Å². The lowest BCUT2D eigenvalue weighted by Gasteiger charge is -2.18. The second kappa shape index (κ2) is 62.1. The predicted molar refractivity (Wildman–Crippen MR) is 321 cm³/mol. The lowest BCUT2D eigenvalue weighted by atomic mass is 10.0. The van der Waals surface area contributed by atoms with E-state index in [9.17, 15) is 14.4 Å². The summed E-state index contributed by atoms with van der Waals surface area (Å²) in [6.07, 6.45) is 81.5. The van der Waals surface area contributed by atoms with Crippen molar-refractivity contribution in [3.05, 3.63) is 85.1 Å². The Kier molecular flexibility index (Phi) is 59.3. The van der Waals surface area contributed by atoms with Gasteiger partial charge in [0.15, 0.2) is 6.10 Å². The van der Waals surface area contributed by atoms with E-state index in [1.807, 2.05) is 0 Å². The van der Waals surface area contributed by atoms with Crippen molar-refractivity contribution in [1.29, 1.82) is 0 Å². The van der Waals surface area contributed by atoms with Crippen LogP contribution in [0.3, 0.4) is 0 Å². The van der Waals surface area contributed by atoms with Gasteiger partial charge in [0.2, 0.25) is 0 Å². The molecule has 0 saturated carbocycles. The summed E-state index contributed by atoms with van der Waals surface area (Å²) in [6.45, 7) is 6.53. The van der Waals surface area contributed by atoms with Gasteiger partial charge in [0.25, 0.3) is 0 Å². The first kappa shape index (κ1) is 70.6. The van der Waals surface area contributed by atoms with Crippen LogP contribution in [0.4, 0.5) is 0 Å². The molecule has 0 aromatic rings. The van der Waals surface area contributed by atoms with Gasteiger partial charge in [-0.15, -0.1) is 0 Å². The molecule has 0 spiro atoms. The largest absolute Gasteiger partial charge is 0.462 e. The first-order valence-electron chi connectivity index (χ1n) is 31.6. The highest BCUT2D eigenvalue weighted by Gasteiger charge is 2.19. The van der Waals surface area contributed by atoms with Crippen molar-refractivity contribution in [2.75, 3.05) is 13.2 Å². The Morgan fingerprint density at radius 3 is 0.824 bits per heavy atom. The van der Waals surface area contributed by atoms with Crippen molar-refractivity contribution in [2.45, 2.75) is 316 Å². The number of esters is 3. The maximum atomic E-state index is 12.9. The van der Waals surface area contributed by atoms with Gasteiger partial charge < -0.3 is 14.2 Å². The van der Waals surface area contributed by atoms with Crippen LogP contribution in [0, 0.1) is 0 Å². The van der Waals surface area contributed by atoms with E-state index in [0.717, 1.165) is 116 Å². The molecule has 6 nitrogen and oxygen atoms in total. The first-order valence-corrected chi connectivity index (χ1v) is 31.6. The van der Waals surface area contributed by atoms with Gasteiger partial charge in [0, 0.05) is 19.3 Å². The van der Waals surface area contributed by atoms with Crippen molar-refractivity contribution < 1.29 is 28.6 Å². The Morgan fingerprint density at radius 2 is 0.527 bits per heavy atom. The number of hydrogen-bond donors (Lipinski definition) is 0. The minimum Gasteiger partial charge on any atom is -0.462 e. The van der Waals surface area contributed by atoms with Gasteiger partial charge in [-0.2, -0.15) is 0 Å². The zero-order valence-electron chi connectivity index (χ0n) is 48.8. The molecule has 0 rings (SSSR count). The average molecular weight is 1030 g/mol. The summed E-state index contributed by atoms with van der Waals surface area (Å²) in [4.78, 5) is 38.3. The second-order valence-electron chi connectivity index (χ2n) is 20.9.